The monoisotopic (exact) mass is 554 g/mol. The number of carbonyl (C=O) groups is 1. The SMILES string of the molecule is CCCCCC[S+]([O-])c1nnc([N+]2([O-])CN(C)CC2OC(=O)C(C)Oc2cccc(OCCCC)c2)s1. The summed E-state index contributed by atoms with van der Waals surface area (Å²) in [5, 5.41) is 22.0. The molecule has 0 bridgehead atoms. The normalized spacial score (nSPS) is 21.5. The van der Waals surface area contributed by atoms with E-state index in [2.05, 4.69) is 24.0 Å². The quantitative estimate of drug-likeness (QED) is 0.103. The number of benzene rings is 1. The van der Waals surface area contributed by atoms with Crippen molar-refractivity contribution < 1.29 is 23.6 Å². The van der Waals surface area contributed by atoms with E-state index in [9.17, 15) is 14.6 Å². The molecule has 1 aromatic carbocycles. The van der Waals surface area contributed by atoms with Crippen molar-refractivity contribution in [1.29, 1.82) is 0 Å². The van der Waals surface area contributed by atoms with Crippen molar-refractivity contribution in [2.75, 3.05) is 32.6 Å². The summed E-state index contributed by atoms with van der Waals surface area (Å²) < 4.78 is 29.1. The molecule has 2 aromatic rings. The Balaban J connectivity index is 1.61. The lowest BCUT2D eigenvalue weighted by molar-refractivity contribution is -0.161. The van der Waals surface area contributed by atoms with E-state index in [0.29, 0.717) is 28.2 Å². The molecule has 12 heteroatoms. The van der Waals surface area contributed by atoms with E-state index >= 15 is 0 Å². The number of esters is 1. The highest BCUT2D eigenvalue weighted by Crippen LogP contribution is 2.35. The smallest absolute Gasteiger partial charge is 0.351 e. The zero-order chi connectivity index (χ0) is 26.8. The molecule has 2 heterocycles. The van der Waals surface area contributed by atoms with Gasteiger partial charge in [-0.2, -0.15) is 0 Å². The summed E-state index contributed by atoms with van der Waals surface area (Å²) in [4.78, 5) is 14.7. The zero-order valence-corrected chi connectivity index (χ0v) is 23.7. The second-order valence-corrected chi connectivity index (χ2v) is 12.0. The Kier molecular flexibility index (Phi) is 11.4. The molecule has 1 aromatic heterocycles. The first kappa shape index (κ1) is 29.6. The first-order valence-corrected chi connectivity index (χ1v) is 15.0. The maximum atomic E-state index is 13.8. The van der Waals surface area contributed by atoms with Gasteiger partial charge in [-0.3, -0.25) is 4.65 Å². The number of hydrogen-bond donors (Lipinski definition) is 0. The third kappa shape index (κ3) is 8.26. The molecular weight excluding hydrogens is 516 g/mol. The van der Waals surface area contributed by atoms with E-state index in [1.165, 1.54) is 0 Å². The number of likely N-dealkylation sites (N-methyl/N-ethyl adjacent to an activating group) is 1. The standard InChI is InChI=1S/C25H38N4O6S2/c1-5-7-9-10-15-37(32)25-27-26-24(36-25)29(31)18-28(4)17-22(29)35-23(30)19(3)34-21-13-11-12-20(16-21)33-14-8-6-2/h11-13,16,19,22H,5-10,14-15,17-18H2,1-4H3. The third-order valence-corrected chi connectivity index (χ3v) is 8.72. The molecule has 0 spiro atoms. The van der Waals surface area contributed by atoms with Crippen LogP contribution in [0.3, 0.4) is 0 Å². The van der Waals surface area contributed by atoms with Crippen LogP contribution in [0.15, 0.2) is 28.6 Å². The molecule has 0 radical (unpaired) electrons. The van der Waals surface area contributed by atoms with Crippen molar-refractivity contribution in [2.45, 2.75) is 76.0 Å². The largest absolute Gasteiger partial charge is 0.622 e. The van der Waals surface area contributed by atoms with Crippen molar-refractivity contribution in [3.8, 4) is 11.5 Å². The maximum Gasteiger partial charge on any atom is 0.351 e. The van der Waals surface area contributed by atoms with Gasteiger partial charge >= 0.3 is 15.4 Å². The molecule has 4 unspecified atom stereocenters. The summed E-state index contributed by atoms with van der Waals surface area (Å²) >= 11 is -0.277. The van der Waals surface area contributed by atoms with Gasteiger partial charge in [-0.25, -0.2) is 9.69 Å². The van der Waals surface area contributed by atoms with Crippen molar-refractivity contribution in [3.05, 3.63) is 29.5 Å². The highest BCUT2D eigenvalue weighted by atomic mass is 32.2. The van der Waals surface area contributed by atoms with Gasteiger partial charge in [0, 0.05) is 28.6 Å². The predicted octanol–water partition coefficient (Wildman–Crippen LogP) is 4.45. The number of hydroxylamine groups is 2. The Labute approximate surface area is 226 Å². The van der Waals surface area contributed by atoms with Crippen molar-refractivity contribution in [1.82, 2.24) is 19.7 Å². The minimum Gasteiger partial charge on any atom is -0.622 e. The number of aromatic nitrogens is 2. The Morgan fingerprint density at radius 3 is 2.73 bits per heavy atom. The average molecular weight is 555 g/mol. The van der Waals surface area contributed by atoms with E-state index in [0.717, 1.165) is 49.9 Å². The summed E-state index contributed by atoms with van der Waals surface area (Å²) in [5.74, 6) is 0.972. The fourth-order valence-electron chi connectivity index (χ4n) is 3.86. The molecule has 1 fully saturated rings. The van der Waals surface area contributed by atoms with Crippen LogP contribution in [0.25, 0.3) is 0 Å². The molecule has 206 valence electrons. The van der Waals surface area contributed by atoms with Crippen LogP contribution in [0.5, 0.6) is 11.5 Å². The molecule has 3 rings (SSSR count). The van der Waals surface area contributed by atoms with Gasteiger partial charge in [0.1, 0.15) is 23.9 Å². The average Bonchev–Trinajstić information content (AvgIpc) is 3.48. The molecule has 0 amide bonds. The molecule has 4 atom stereocenters. The van der Waals surface area contributed by atoms with Gasteiger partial charge in [0.25, 0.3) is 6.23 Å². The maximum absolute atomic E-state index is 13.8. The first-order chi connectivity index (χ1) is 17.8. The molecule has 37 heavy (non-hydrogen) atoms. The van der Waals surface area contributed by atoms with E-state index in [4.69, 9.17) is 14.2 Å². The van der Waals surface area contributed by atoms with Gasteiger partial charge in [-0.1, -0.05) is 49.4 Å². The van der Waals surface area contributed by atoms with Crippen LogP contribution in [0, 0.1) is 5.21 Å². The third-order valence-electron chi connectivity index (χ3n) is 5.95. The molecule has 0 aliphatic carbocycles. The molecule has 10 nitrogen and oxygen atoms in total. The van der Waals surface area contributed by atoms with Crippen LogP contribution in [0.1, 0.15) is 59.3 Å². The number of carbonyl (C=O) groups excluding carboxylic acids is 1. The lowest BCUT2D eigenvalue weighted by Gasteiger charge is -2.38. The molecule has 1 saturated heterocycles. The van der Waals surface area contributed by atoms with Crippen molar-refractivity contribution in [2.24, 2.45) is 0 Å². The number of nitrogens with zero attached hydrogens (tertiary/aromatic N) is 4. The van der Waals surface area contributed by atoms with Crippen LogP contribution in [-0.4, -0.2) is 70.6 Å². The zero-order valence-electron chi connectivity index (χ0n) is 22.1. The number of quaternary nitrogens is 1. The Bertz CT molecular complexity index is 996. The van der Waals surface area contributed by atoms with Crippen LogP contribution in [0.4, 0.5) is 5.13 Å². The lowest BCUT2D eigenvalue weighted by Crippen LogP contribution is -2.51. The fraction of sp³-hybridized carbons (Fsp3) is 0.640. The van der Waals surface area contributed by atoms with E-state index in [1.54, 1.807) is 37.1 Å². The van der Waals surface area contributed by atoms with Gasteiger partial charge in [0.2, 0.25) is 0 Å². The highest BCUT2D eigenvalue weighted by molar-refractivity contribution is 7.93. The molecular formula is C25H38N4O6S2. The van der Waals surface area contributed by atoms with Crippen LogP contribution in [0.2, 0.25) is 0 Å². The second kappa shape index (κ2) is 14.3. The van der Waals surface area contributed by atoms with Gasteiger partial charge in [0.15, 0.2) is 6.10 Å². The Hall–Kier alpha value is -1.96. The lowest BCUT2D eigenvalue weighted by atomic mass is 10.2. The van der Waals surface area contributed by atoms with Crippen molar-refractivity contribution in [3.63, 3.8) is 0 Å². The van der Waals surface area contributed by atoms with E-state index < -0.39 is 34.1 Å². The van der Waals surface area contributed by atoms with Crippen LogP contribution in [-0.2, 0) is 20.7 Å². The van der Waals surface area contributed by atoms with Crippen LogP contribution < -0.4 is 14.1 Å². The van der Waals surface area contributed by atoms with Crippen LogP contribution >= 0.6 is 11.3 Å². The topological polar surface area (TPSA) is 120 Å². The summed E-state index contributed by atoms with van der Waals surface area (Å²) in [7, 11) is 1.77. The van der Waals surface area contributed by atoms with Gasteiger partial charge in [-0.05, 0) is 45.4 Å². The summed E-state index contributed by atoms with van der Waals surface area (Å²) in [6.07, 6.45) is 4.04. The number of hydrogen-bond acceptors (Lipinski definition) is 10. The number of ether oxygens (including phenoxy) is 3. The summed E-state index contributed by atoms with van der Waals surface area (Å²) in [6.45, 7) is 6.68. The van der Waals surface area contributed by atoms with Gasteiger partial charge < -0.3 is 24.0 Å². The Morgan fingerprint density at radius 2 is 1.97 bits per heavy atom. The molecule has 0 saturated carbocycles. The van der Waals surface area contributed by atoms with Gasteiger partial charge in [0.05, 0.1) is 13.2 Å². The summed E-state index contributed by atoms with van der Waals surface area (Å²) in [5.41, 5.74) is 0. The van der Waals surface area contributed by atoms with E-state index in [-0.39, 0.29) is 18.3 Å². The summed E-state index contributed by atoms with van der Waals surface area (Å²) in [6, 6.07) is 7.08. The second-order valence-electron chi connectivity index (χ2n) is 9.26. The minimum absolute atomic E-state index is 0.0437. The molecule has 0 N–H and O–H groups in total. The predicted molar refractivity (Wildman–Crippen MR) is 145 cm³/mol. The molecule has 1 aliphatic rings. The van der Waals surface area contributed by atoms with Crippen molar-refractivity contribution >= 4 is 33.6 Å². The van der Waals surface area contributed by atoms with Gasteiger partial charge in [-0.15, -0.1) is 0 Å². The Morgan fingerprint density at radius 1 is 1.22 bits per heavy atom. The fourth-order valence-corrected chi connectivity index (χ4v) is 6.13. The number of rotatable bonds is 15. The minimum atomic E-state index is -1.31. The highest BCUT2D eigenvalue weighted by Gasteiger charge is 2.46. The number of unbranched alkanes of at least 4 members (excludes halogenated alkanes) is 4. The first-order valence-electron chi connectivity index (χ1n) is 12.9. The molecule has 1 aliphatic heterocycles. The van der Waals surface area contributed by atoms with E-state index in [1.807, 2.05) is 6.07 Å².